The second-order valence-corrected chi connectivity index (χ2v) is 4.79. The highest BCUT2D eigenvalue weighted by Gasteiger charge is 2.03. The summed E-state index contributed by atoms with van der Waals surface area (Å²) < 4.78 is 1.59. The van der Waals surface area contributed by atoms with Gasteiger partial charge in [-0.3, -0.25) is 0 Å². The van der Waals surface area contributed by atoms with Crippen LogP contribution in [0.5, 0.6) is 5.75 Å². The molecule has 0 fully saturated rings. The van der Waals surface area contributed by atoms with Crippen LogP contribution in [0, 0.1) is 6.92 Å². The molecule has 1 heterocycles. The Morgan fingerprint density at radius 1 is 1.19 bits per heavy atom. The van der Waals surface area contributed by atoms with Gasteiger partial charge < -0.3 is 10.4 Å². The van der Waals surface area contributed by atoms with Crippen molar-refractivity contribution in [2.24, 2.45) is 0 Å². The minimum Gasteiger partial charge on any atom is -0.508 e. The highest BCUT2D eigenvalue weighted by atomic mass is 16.3. The molecule has 0 aliphatic heterocycles. The van der Waals surface area contributed by atoms with E-state index in [0.29, 0.717) is 12.3 Å². The summed E-state index contributed by atoms with van der Waals surface area (Å²) in [6.07, 6.45) is 1.55. The second-order valence-electron chi connectivity index (χ2n) is 4.79. The van der Waals surface area contributed by atoms with Crippen molar-refractivity contribution in [1.82, 2.24) is 20.2 Å². The number of aromatic hydroxyl groups is 1. The van der Waals surface area contributed by atoms with Crippen LogP contribution in [0.15, 0.2) is 48.8 Å². The molecule has 106 valence electrons. The fourth-order valence-corrected chi connectivity index (χ4v) is 2.09. The summed E-state index contributed by atoms with van der Waals surface area (Å²) in [6.45, 7) is 2.55. The number of phenolic OH excluding ortho intramolecular Hbond substituents is 1. The summed E-state index contributed by atoms with van der Waals surface area (Å²) in [5.74, 6) is 0.296. The van der Waals surface area contributed by atoms with E-state index in [1.165, 1.54) is 0 Å². The third-order valence-electron chi connectivity index (χ3n) is 3.18. The van der Waals surface area contributed by atoms with Crippen molar-refractivity contribution in [1.29, 1.82) is 0 Å². The number of hydrogen-bond acceptors (Lipinski definition) is 5. The van der Waals surface area contributed by atoms with Crippen molar-refractivity contribution < 1.29 is 5.11 Å². The maximum absolute atomic E-state index is 9.85. The van der Waals surface area contributed by atoms with Crippen molar-refractivity contribution in [3.63, 3.8) is 0 Å². The molecule has 21 heavy (non-hydrogen) atoms. The molecule has 3 rings (SSSR count). The molecule has 0 radical (unpaired) electrons. The predicted octanol–water partition coefficient (Wildman–Crippen LogP) is 2.29. The maximum atomic E-state index is 9.85. The molecule has 0 saturated carbocycles. The number of aromatic nitrogens is 4. The van der Waals surface area contributed by atoms with Gasteiger partial charge >= 0.3 is 0 Å². The topological polar surface area (TPSA) is 75.9 Å². The first kappa shape index (κ1) is 13.1. The smallest absolute Gasteiger partial charge is 0.143 e. The van der Waals surface area contributed by atoms with Crippen molar-refractivity contribution >= 4 is 5.69 Å². The van der Waals surface area contributed by atoms with E-state index in [0.717, 1.165) is 22.5 Å². The van der Waals surface area contributed by atoms with Gasteiger partial charge in [-0.2, -0.15) is 0 Å². The normalized spacial score (nSPS) is 10.5. The maximum Gasteiger partial charge on any atom is 0.143 e. The molecule has 0 atom stereocenters. The minimum absolute atomic E-state index is 0.296. The van der Waals surface area contributed by atoms with Gasteiger partial charge in [0, 0.05) is 17.8 Å². The van der Waals surface area contributed by atoms with Crippen LogP contribution in [-0.4, -0.2) is 25.3 Å². The van der Waals surface area contributed by atoms with Gasteiger partial charge in [0.1, 0.15) is 12.1 Å². The molecule has 0 bridgehead atoms. The lowest BCUT2D eigenvalue weighted by Gasteiger charge is -2.10. The number of anilines is 1. The summed E-state index contributed by atoms with van der Waals surface area (Å²) in [5, 5.41) is 24.2. The molecule has 0 aliphatic rings. The van der Waals surface area contributed by atoms with E-state index in [9.17, 15) is 5.11 Å². The zero-order chi connectivity index (χ0) is 14.7. The Morgan fingerprint density at radius 2 is 2.10 bits per heavy atom. The van der Waals surface area contributed by atoms with Gasteiger partial charge in [0.2, 0.25) is 0 Å². The first-order valence-electron chi connectivity index (χ1n) is 6.58. The summed E-state index contributed by atoms with van der Waals surface area (Å²) in [4.78, 5) is 0. The molecule has 3 aromatic rings. The quantitative estimate of drug-likeness (QED) is 0.767. The molecule has 6 heteroatoms. The van der Waals surface area contributed by atoms with Gasteiger partial charge in [-0.15, -0.1) is 5.10 Å². The second kappa shape index (κ2) is 5.62. The van der Waals surface area contributed by atoms with E-state index in [1.807, 2.05) is 43.3 Å². The summed E-state index contributed by atoms with van der Waals surface area (Å²) in [7, 11) is 0. The number of phenols is 1. The zero-order valence-electron chi connectivity index (χ0n) is 11.6. The van der Waals surface area contributed by atoms with Crippen LogP contribution < -0.4 is 5.32 Å². The fourth-order valence-electron chi connectivity index (χ4n) is 2.09. The predicted molar refractivity (Wildman–Crippen MR) is 79.3 cm³/mol. The lowest BCUT2D eigenvalue weighted by Crippen LogP contribution is -2.02. The van der Waals surface area contributed by atoms with Crippen LogP contribution in [0.2, 0.25) is 0 Å². The molecule has 0 spiro atoms. The first-order valence-corrected chi connectivity index (χ1v) is 6.58. The number of nitrogens with one attached hydrogen (secondary N) is 1. The minimum atomic E-state index is 0.296. The lowest BCUT2D eigenvalue weighted by atomic mass is 10.1. The summed E-state index contributed by atoms with van der Waals surface area (Å²) in [5.41, 5.74) is 3.79. The van der Waals surface area contributed by atoms with Crippen LogP contribution in [0.25, 0.3) is 5.69 Å². The molecular formula is C15H15N5O. The number of tetrazole rings is 1. The van der Waals surface area contributed by atoms with Crippen LogP contribution in [0.4, 0.5) is 5.69 Å². The number of nitrogens with zero attached hydrogens (tertiary/aromatic N) is 4. The Kier molecular flexibility index (Phi) is 3.51. The molecule has 0 saturated heterocycles. The summed E-state index contributed by atoms with van der Waals surface area (Å²) in [6, 6.07) is 13.3. The number of aryl methyl sites for hydroxylation is 1. The average molecular weight is 281 g/mol. The van der Waals surface area contributed by atoms with Gasteiger partial charge in [0.25, 0.3) is 0 Å². The Labute approximate surface area is 122 Å². The van der Waals surface area contributed by atoms with E-state index >= 15 is 0 Å². The largest absolute Gasteiger partial charge is 0.508 e. The number of hydrogen-bond donors (Lipinski definition) is 2. The zero-order valence-corrected chi connectivity index (χ0v) is 11.6. The number of rotatable bonds is 4. The van der Waals surface area contributed by atoms with Crippen molar-refractivity contribution in [2.45, 2.75) is 13.5 Å². The van der Waals surface area contributed by atoms with E-state index < -0.39 is 0 Å². The molecule has 1 aromatic heterocycles. The first-order chi connectivity index (χ1) is 10.2. The SMILES string of the molecule is Cc1ccc(O)c(CNc2cccc(-n3cnnn3)c2)c1. The number of benzene rings is 2. The molecule has 2 N–H and O–H groups in total. The third kappa shape index (κ3) is 3.00. The molecule has 0 unspecified atom stereocenters. The van der Waals surface area contributed by atoms with Crippen LogP contribution in [0.3, 0.4) is 0 Å². The standard InChI is InChI=1S/C15H15N5O/c1-11-5-6-15(21)12(7-11)9-16-13-3-2-4-14(8-13)20-10-17-18-19-20/h2-8,10,16,21H,9H2,1H3. The van der Waals surface area contributed by atoms with Gasteiger partial charge in [-0.1, -0.05) is 23.8 Å². The Balaban J connectivity index is 1.76. The molecule has 6 nitrogen and oxygen atoms in total. The molecule has 0 amide bonds. The van der Waals surface area contributed by atoms with E-state index in [1.54, 1.807) is 17.1 Å². The van der Waals surface area contributed by atoms with Crippen molar-refractivity contribution in [2.75, 3.05) is 5.32 Å². The highest BCUT2D eigenvalue weighted by Crippen LogP contribution is 2.20. The van der Waals surface area contributed by atoms with E-state index in [-0.39, 0.29) is 0 Å². The Morgan fingerprint density at radius 3 is 2.90 bits per heavy atom. The van der Waals surface area contributed by atoms with Gasteiger partial charge in [0.05, 0.1) is 5.69 Å². The summed E-state index contributed by atoms with van der Waals surface area (Å²) >= 11 is 0. The van der Waals surface area contributed by atoms with Crippen LogP contribution in [-0.2, 0) is 6.54 Å². The molecular weight excluding hydrogens is 266 g/mol. The Hall–Kier alpha value is -2.89. The third-order valence-corrected chi connectivity index (χ3v) is 3.18. The highest BCUT2D eigenvalue weighted by molar-refractivity contribution is 5.51. The van der Waals surface area contributed by atoms with Crippen molar-refractivity contribution in [3.05, 3.63) is 59.9 Å². The molecule has 2 aromatic carbocycles. The Bertz CT molecular complexity index is 740. The molecule has 0 aliphatic carbocycles. The lowest BCUT2D eigenvalue weighted by molar-refractivity contribution is 0.469. The van der Waals surface area contributed by atoms with E-state index in [4.69, 9.17) is 0 Å². The van der Waals surface area contributed by atoms with Gasteiger partial charge in [0.15, 0.2) is 0 Å². The van der Waals surface area contributed by atoms with Gasteiger partial charge in [-0.05, 0) is 41.6 Å². The average Bonchev–Trinajstić information content (AvgIpc) is 3.03. The van der Waals surface area contributed by atoms with Crippen LogP contribution in [0.1, 0.15) is 11.1 Å². The monoisotopic (exact) mass is 281 g/mol. The van der Waals surface area contributed by atoms with Crippen LogP contribution >= 0.6 is 0 Å². The fraction of sp³-hybridized carbons (Fsp3) is 0.133. The van der Waals surface area contributed by atoms with Crippen molar-refractivity contribution in [3.8, 4) is 11.4 Å². The van der Waals surface area contributed by atoms with E-state index in [2.05, 4.69) is 20.8 Å². The van der Waals surface area contributed by atoms with Gasteiger partial charge in [-0.25, -0.2) is 4.68 Å².